The van der Waals surface area contributed by atoms with Crippen molar-refractivity contribution in [2.75, 3.05) is 0 Å². The summed E-state index contributed by atoms with van der Waals surface area (Å²) in [5.41, 5.74) is 0.947. The van der Waals surface area contributed by atoms with Crippen LogP contribution in [-0.4, -0.2) is 18.0 Å². The number of hydrogen-bond donors (Lipinski definition) is 1. The number of carbonyl (C=O) groups excluding carboxylic acids is 2. The molecule has 4 heteroatoms. The Morgan fingerprint density at radius 2 is 2.12 bits per heavy atom. The van der Waals surface area contributed by atoms with Gasteiger partial charge in [0.05, 0.1) is 0 Å². The number of hydrogen-bond acceptors (Lipinski definition) is 3. The van der Waals surface area contributed by atoms with Crippen LogP contribution in [0, 0.1) is 0 Å². The molecular formula is C13H17NO3. The van der Waals surface area contributed by atoms with Gasteiger partial charge < -0.3 is 10.1 Å². The lowest BCUT2D eigenvalue weighted by Gasteiger charge is -2.19. The molecular weight excluding hydrogens is 218 g/mol. The second-order valence-electron chi connectivity index (χ2n) is 4.72. The fraction of sp³-hybridized carbons (Fsp3) is 0.385. The van der Waals surface area contributed by atoms with E-state index >= 15 is 0 Å². The van der Waals surface area contributed by atoms with Gasteiger partial charge in [-0.15, -0.1) is 0 Å². The maximum Gasteiger partial charge on any atom is 0.407 e. The van der Waals surface area contributed by atoms with Crippen LogP contribution in [0.15, 0.2) is 24.3 Å². The first-order valence-electron chi connectivity index (χ1n) is 5.42. The summed E-state index contributed by atoms with van der Waals surface area (Å²) in [4.78, 5) is 22.0. The molecule has 0 aliphatic heterocycles. The van der Waals surface area contributed by atoms with Crippen LogP contribution in [-0.2, 0) is 11.3 Å². The third-order valence-corrected chi connectivity index (χ3v) is 1.92. The van der Waals surface area contributed by atoms with Gasteiger partial charge in [0, 0.05) is 12.1 Å². The lowest BCUT2D eigenvalue weighted by molar-refractivity contribution is 0.0523. The van der Waals surface area contributed by atoms with Crippen molar-refractivity contribution in [2.24, 2.45) is 0 Å². The third-order valence-electron chi connectivity index (χ3n) is 1.92. The molecule has 0 saturated carbocycles. The molecule has 1 N–H and O–H groups in total. The van der Waals surface area contributed by atoms with Gasteiger partial charge in [0.15, 0.2) is 0 Å². The number of amides is 1. The van der Waals surface area contributed by atoms with Gasteiger partial charge in [-0.3, -0.25) is 4.79 Å². The highest BCUT2D eigenvalue weighted by Gasteiger charge is 2.15. The summed E-state index contributed by atoms with van der Waals surface area (Å²) in [6, 6.07) is 7.05. The van der Waals surface area contributed by atoms with Gasteiger partial charge >= 0.3 is 6.09 Å². The van der Waals surface area contributed by atoms with Gasteiger partial charge in [0.25, 0.3) is 0 Å². The summed E-state index contributed by atoms with van der Waals surface area (Å²) in [7, 11) is 0. The molecule has 0 spiro atoms. The van der Waals surface area contributed by atoms with Crippen LogP contribution in [0.5, 0.6) is 0 Å². The topological polar surface area (TPSA) is 55.4 Å². The molecule has 92 valence electrons. The summed E-state index contributed by atoms with van der Waals surface area (Å²) in [6.07, 6.45) is 0.311. The third kappa shape index (κ3) is 5.15. The van der Waals surface area contributed by atoms with Crippen LogP contribution >= 0.6 is 0 Å². The van der Waals surface area contributed by atoms with E-state index in [1.165, 1.54) is 0 Å². The Morgan fingerprint density at radius 1 is 1.41 bits per heavy atom. The molecule has 1 rings (SSSR count). The maximum atomic E-state index is 11.4. The van der Waals surface area contributed by atoms with Crippen LogP contribution in [0.2, 0.25) is 0 Å². The zero-order valence-corrected chi connectivity index (χ0v) is 10.3. The Morgan fingerprint density at radius 3 is 2.71 bits per heavy atom. The number of ether oxygens (including phenoxy) is 1. The van der Waals surface area contributed by atoms with E-state index in [2.05, 4.69) is 5.32 Å². The van der Waals surface area contributed by atoms with Crippen molar-refractivity contribution in [3.05, 3.63) is 35.4 Å². The molecule has 0 unspecified atom stereocenters. The highest BCUT2D eigenvalue weighted by molar-refractivity contribution is 5.75. The summed E-state index contributed by atoms with van der Waals surface area (Å²) < 4.78 is 5.10. The summed E-state index contributed by atoms with van der Waals surface area (Å²) in [6.45, 7) is 5.76. The van der Waals surface area contributed by atoms with Crippen LogP contribution in [0.1, 0.15) is 36.7 Å². The number of alkyl carbamates (subject to hydrolysis) is 1. The number of rotatable bonds is 3. The minimum Gasteiger partial charge on any atom is -0.444 e. The predicted octanol–water partition coefficient (Wildman–Crippen LogP) is 2.52. The summed E-state index contributed by atoms with van der Waals surface area (Å²) in [5.74, 6) is 0. The summed E-state index contributed by atoms with van der Waals surface area (Å²) >= 11 is 0. The Balaban J connectivity index is 2.50. The lowest BCUT2D eigenvalue weighted by atomic mass is 10.1. The van der Waals surface area contributed by atoms with E-state index in [9.17, 15) is 9.59 Å². The molecule has 1 aromatic carbocycles. The molecule has 1 amide bonds. The number of benzene rings is 1. The predicted molar refractivity (Wildman–Crippen MR) is 64.9 cm³/mol. The fourth-order valence-electron chi connectivity index (χ4n) is 1.26. The van der Waals surface area contributed by atoms with Crippen molar-refractivity contribution >= 4 is 12.4 Å². The van der Waals surface area contributed by atoms with E-state index in [1.54, 1.807) is 39.0 Å². The van der Waals surface area contributed by atoms with Gasteiger partial charge in [-0.1, -0.05) is 18.2 Å². The second-order valence-corrected chi connectivity index (χ2v) is 4.72. The highest BCUT2D eigenvalue weighted by atomic mass is 16.6. The first-order valence-corrected chi connectivity index (χ1v) is 5.42. The van der Waals surface area contributed by atoms with Crippen molar-refractivity contribution in [3.63, 3.8) is 0 Å². The zero-order valence-electron chi connectivity index (χ0n) is 10.3. The molecule has 0 aliphatic carbocycles. The van der Waals surface area contributed by atoms with Gasteiger partial charge in [-0.25, -0.2) is 4.79 Å². The molecule has 0 fully saturated rings. The lowest BCUT2D eigenvalue weighted by Crippen LogP contribution is -2.32. The van der Waals surface area contributed by atoms with Gasteiger partial charge in [0.2, 0.25) is 0 Å². The zero-order chi connectivity index (χ0) is 12.9. The molecule has 0 aliphatic rings. The van der Waals surface area contributed by atoms with Crippen molar-refractivity contribution < 1.29 is 14.3 Å². The van der Waals surface area contributed by atoms with Crippen molar-refractivity contribution in [3.8, 4) is 0 Å². The SMILES string of the molecule is CC(C)(C)OC(=O)NCc1cccc(C=O)c1. The van der Waals surface area contributed by atoms with E-state index in [0.717, 1.165) is 11.8 Å². The van der Waals surface area contributed by atoms with Crippen LogP contribution in [0.3, 0.4) is 0 Å². The minimum atomic E-state index is -0.505. The number of nitrogens with one attached hydrogen (secondary N) is 1. The molecule has 0 heterocycles. The Labute approximate surface area is 101 Å². The van der Waals surface area contributed by atoms with Gasteiger partial charge in [-0.2, -0.15) is 0 Å². The molecule has 4 nitrogen and oxygen atoms in total. The smallest absolute Gasteiger partial charge is 0.407 e. The Bertz CT molecular complexity index is 407. The highest BCUT2D eigenvalue weighted by Crippen LogP contribution is 2.07. The first-order chi connectivity index (χ1) is 7.90. The average molecular weight is 235 g/mol. The quantitative estimate of drug-likeness (QED) is 0.819. The molecule has 0 atom stereocenters. The number of carbonyl (C=O) groups is 2. The van der Waals surface area contributed by atoms with E-state index in [0.29, 0.717) is 12.1 Å². The molecule has 0 aromatic heterocycles. The van der Waals surface area contributed by atoms with E-state index in [4.69, 9.17) is 4.74 Å². The number of aldehydes is 1. The Hall–Kier alpha value is -1.84. The van der Waals surface area contributed by atoms with Crippen LogP contribution < -0.4 is 5.32 Å². The van der Waals surface area contributed by atoms with E-state index in [-0.39, 0.29) is 0 Å². The van der Waals surface area contributed by atoms with Crippen molar-refractivity contribution in [2.45, 2.75) is 32.9 Å². The van der Waals surface area contributed by atoms with Crippen LogP contribution in [0.25, 0.3) is 0 Å². The molecule has 1 aromatic rings. The monoisotopic (exact) mass is 235 g/mol. The standard InChI is InChI=1S/C13H17NO3/c1-13(2,3)17-12(16)14-8-10-5-4-6-11(7-10)9-15/h4-7,9H,8H2,1-3H3,(H,14,16). The minimum absolute atomic E-state index is 0.344. The van der Waals surface area contributed by atoms with E-state index < -0.39 is 11.7 Å². The van der Waals surface area contributed by atoms with E-state index in [1.807, 2.05) is 6.07 Å². The normalized spacial score (nSPS) is 10.8. The van der Waals surface area contributed by atoms with Crippen molar-refractivity contribution in [1.29, 1.82) is 0 Å². The second kappa shape index (κ2) is 5.48. The summed E-state index contributed by atoms with van der Waals surface area (Å²) in [5, 5.41) is 2.63. The fourth-order valence-corrected chi connectivity index (χ4v) is 1.26. The van der Waals surface area contributed by atoms with Crippen molar-refractivity contribution in [1.82, 2.24) is 5.32 Å². The molecule has 0 radical (unpaired) electrons. The first kappa shape index (κ1) is 13.2. The largest absolute Gasteiger partial charge is 0.444 e. The molecule has 0 bridgehead atoms. The van der Waals surface area contributed by atoms with Gasteiger partial charge in [-0.05, 0) is 32.4 Å². The average Bonchev–Trinajstić information content (AvgIpc) is 2.24. The van der Waals surface area contributed by atoms with Crippen LogP contribution in [0.4, 0.5) is 4.79 Å². The van der Waals surface area contributed by atoms with Gasteiger partial charge in [0.1, 0.15) is 11.9 Å². The maximum absolute atomic E-state index is 11.4. The Kier molecular flexibility index (Phi) is 4.26. The molecule has 0 saturated heterocycles. The molecule has 17 heavy (non-hydrogen) atoms.